The predicted octanol–water partition coefficient (Wildman–Crippen LogP) is 4.00. The number of fused-ring (bicyclic) bond motifs is 3. The lowest BCUT2D eigenvalue weighted by Crippen LogP contribution is -2.42. The van der Waals surface area contributed by atoms with Gasteiger partial charge in [0.25, 0.3) is 0 Å². The standard InChI is InChI=1S/C23H27N5O2S2.2H2/c29-20(4-9-28-8-3-17-14(13-28)5-10-30-17)27-23-21(15-1-6-25-12-19(15)32-23)22-26-16-11-24-7-2-18(16)31-22;;/h2,7,11,14,17,25H,1,3-6,8-10,12-13H2,(H,27,29);2*1H. The number of carbonyl (C=O) groups excluding carboxylic acids is 1. The Morgan fingerprint density at radius 1 is 1.38 bits per heavy atom. The maximum absolute atomic E-state index is 13.0. The molecule has 2 N–H and O–H groups in total. The first-order valence-corrected chi connectivity index (χ1v) is 13.1. The number of amides is 1. The van der Waals surface area contributed by atoms with Crippen LogP contribution in [0.3, 0.4) is 0 Å². The molecule has 6 heterocycles. The van der Waals surface area contributed by atoms with Gasteiger partial charge in [0.15, 0.2) is 0 Å². The molecule has 0 radical (unpaired) electrons. The Morgan fingerprint density at radius 2 is 2.34 bits per heavy atom. The van der Waals surface area contributed by atoms with Gasteiger partial charge >= 0.3 is 0 Å². The van der Waals surface area contributed by atoms with Gasteiger partial charge in [-0.15, -0.1) is 22.7 Å². The molecule has 172 valence electrons. The summed E-state index contributed by atoms with van der Waals surface area (Å²) in [6.45, 7) is 5.60. The van der Waals surface area contributed by atoms with Crippen molar-refractivity contribution in [2.45, 2.75) is 38.3 Å². The van der Waals surface area contributed by atoms with E-state index in [1.807, 2.05) is 12.3 Å². The number of nitrogens with one attached hydrogen (secondary N) is 2. The maximum Gasteiger partial charge on any atom is 0.226 e. The van der Waals surface area contributed by atoms with Crippen molar-refractivity contribution >= 4 is 43.8 Å². The molecule has 3 aliphatic heterocycles. The van der Waals surface area contributed by atoms with Crippen molar-refractivity contribution in [3.05, 3.63) is 28.9 Å². The van der Waals surface area contributed by atoms with Gasteiger partial charge in [-0.1, -0.05) is 0 Å². The Hall–Kier alpha value is -1.91. The van der Waals surface area contributed by atoms with Crippen molar-refractivity contribution in [1.82, 2.24) is 20.2 Å². The van der Waals surface area contributed by atoms with Gasteiger partial charge in [-0.2, -0.15) is 0 Å². The molecule has 32 heavy (non-hydrogen) atoms. The van der Waals surface area contributed by atoms with Gasteiger partial charge in [-0.05, 0) is 37.4 Å². The molecular weight excluding hydrogens is 442 g/mol. The Kier molecular flexibility index (Phi) is 5.68. The Balaban J connectivity index is 0.00000137. The van der Waals surface area contributed by atoms with Crippen LogP contribution < -0.4 is 10.6 Å². The number of thiophene rings is 1. The fourth-order valence-electron chi connectivity index (χ4n) is 5.14. The van der Waals surface area contributed by atoms with E-state index in [-0.39, 0.29) is 8.76 Å². The zero-order chi connectivity index (χ0) is 21.5. The van der Waals surface area contributed by atoms with Crippen LogP contribution in [0.2, 0.25) is 0 Å². The molecule has 9 heteroatoms. The van der Waals surface area contributed by atoms with Gasteiger partial charge in [-0.25, -0.2) is 4.98 Å². The minimum atomic E-state index is 0. The largest absolute Gasteiger partial charge is 0.378 e. The molecule has 0 saturated carbocycles. The van der Waals surface area contributed by atoms with E-state index in [1.54, 1.807) is 28.9 Å². The van der Waals surface area contributed by atoms with E-state index in [2.05, 4.69) is 20.5 Å². The summed E-state index contributed by atoms with van der Waals surface area (Å²) in [5.41, 5.74) is 3.36. The van der Waals surface area contributed by atoms with Crippen molar-refractivity contribution in [2.75, 3.05) is 38.1 Å². The van der Waals surface area contributed by atoms with Gasteiger partial charge in [0, 0.05) is 64.6 Å². The number of thiazole rings is 1. The first-order valence-electron chi connectivity index (χ1n) is 11.4. The highest BCUT2D eigenvalue weighted by atomic mass is 32.1. The molecule has 0 spiro atoms. The molecule has 6 rings (SSSR count). The van der Waals surface area contributed by atoms with Crippen molar-refractivity contribution in [2.24, 2.45) is 5.92 Å². The number of nitrogens with zero attached hydrogens (tertiary/aromatic N) is 3. The van der Waals surface area contributed by atoms with Gasteiger partial charge in [0.2, 0.25) is 5.91 Å². The van der Waals surface area contributed by atoms with E-state index in [1.165, 1.54) is 10.4 Å². The van der Waals surface area contributed by atoms with Crippen LogP contribution in [0, 0.1) is 5.92 Å². The number of hydrogen-bond donors (Lipinski definition) is 2. The summed E-state index contributed by atoms with van der Waals surface area (Å²) in [5, 5.41) is 8.62. The Labute approximate surface area is 198 Å². The lowest BCUT2D eigenvalue weighted by Gasteiger charge is -2.33. The normalized spacial score (nSPS) is 23.2. The first kappa shape index (κ1) is 20.7. The molecule has 2 saturated heterocycles. The topological polar surface area (TPSA) is 79.4 Å². The number of piperidine rings is 1. The van der Waals surface area contributed by atoms with E-state index in [9.17, 15) is 4.79 Å². The lowest BCUT2D eigenvalue weighted by molar-refractivity contribution is -0.116. The van der Waals surface area contributed by atoms with Crippen molar-refractivity contribution < 1.29 is 12.4 Å². The van der Waals surface area contributed by atoms with Crippen molar-refractivity contribution in [1.29, 1.82) is 0 Å². The number of aromatic nitrogens is 2. The monoisotopic (exact) mass is 473 g/mol. The third kappa shape index (κ3) is 3.97. The van der Waals surface area contributed by atoms with E-state index in [4.69, 9.17) is 9.72 Å². The second kappa shape index (κ2) is 8.79. The highest BCUT2D eigenvalue weighted by Crippen LogP contribution is 2.44. The first-order chi connectivity index (χ1) is 15.7. The third-order valence-electron chi connectivity index (χ3n) is 6.81. The average Bonchev–Trinajstić information content (AvgIpc) is 3.52. The number of rotatable bonds is 5. The summed E-state index contributed by atoms with van der Waals surface area (Å²) in [6, 6.07) is 2.01. The van der Waals surface area contributed by atoms with E-state index >= 15 is 0 Å². The molecule has 7 nitrogen and oxygen atoms in total. The van der Waals surface area contributed by atoms with Crippen LogP contribution in [-0.4, -0.2) is 59.7 Å². The fraction of sp³-hybridized carbons (Fsp3) is 0.522. The highest BCUT2D eigenvalue weighted by Gasteiger charge is 2.34. The van der Waals surface area contributed by atoms with Crippen LogP contribution in [-0.2, 0) is 22.5 Å². The summed E-state index contributed by atoms with van der Waals surface area (Å²) in [6.07, 6.45) is 7.79. The van der Waals surface area contributed by atoms with Crippen LogP contribution in [0.1, 0.15) is 32.6 Å². The Bertz CT molecular complexity index is 1120. The molecule has 2 atom stereocenters. The number of ether oxygens (including phenoxy) is 1. The zero-order valence-electron chi connectivity index (χ0n) is 17.9. The molecule has 0 bridgehead atoms. The van der Waals surface area contributed by atoms with Gasteiger partial charge in [-0.3, -0.25) is 9.78 Å². The number of anilines is 1. The van der Waals surface area contributed by atoms with E-state index in [0.717, 1.165) is 84.4 Å². The highest BCUT2D eigenvalue weighted by molar-refractivity contribution is 7.22. The molecule has 3 aromatic heterocycles. The molecule has 0 aliphatic carbocycles. The van der Waals surface area contributed by atoms with Crippen LogP contribution in [0.25, 0.3) is 20.8 Å². The number of carbonyl (C=O) groups is 1. The molecule has 2 unspecified atom stereocenters. The van der Waals surface area contributed by atoms with E-state index < -0.39 is 0 Å². The molecule has 3 aromatic rings. The second-order valence-electron chi connectivity index (χ2n) is 8.84. The van der Waals surface area contributed by atoms with Gasteiger partial charge in [0.1, 0.15) is 15.5 Å². The summed E-state index contributed by atoms with van der Waals surface area (Å²) in [4.78, 5) is 25.8. The quantitative estimate of drug-likeness (QED) is 0.583. The zero-order valence-corrected chi connectivity index (χ0v) is 19.6. The average molecular weight is 474 g/mol. The van der Waals surface area contributed by atoms with Crippen LogP contribution in [0.15, 0.2) is 18.5 Å². The summed E-state index contributed by atoms with van der Waals surface area (Å²) >= 11 is 3.37. The Morgan fingerprint density at radius 3 is 3.28 bits per heavy atom. The third-order valence-corrected chi connectivity index (χ3v) is 9.01. The number of hydrogen-bond acceptors (Lipinski definition) is 8. The summed E-state index contributed by atoms with van der Waals surface area (Å²) < 4.78 is 6.93. The smallest absolute Gasteiger partial charge is 0.226 e. The van der Waals surface area contributed by atoms with Crippen LogP contribution in [0.5, 0.6) is 0 Å². The van der Waals surface area contributed by atoms with Gasteiger partial charge in [0.05, 0.1) is 17.0 Å². The summed E-state index contributed by atoms with van der Waals surface area (Å²) in [7, 11) is 0. The van der Waals surface area contributed by atoms with Crippen molar-refractivity contribution in [3.8, 4) is 10.6 Å². The number of likely N-dealkylation sites (tertiary alicyclic amines) is 1. The fourth-order valence-corrected chi connectivity index (χ4v) is 7.45. The van der Waals surface area contributed by atoms with Crippen LogP contribution in [0.4, 0.5) is 5.00 Å². The maximum atomic E-state index is 13.0. The van der Waals surface area contributed by atoms with Crippen molar-refractivity contribution in [3.63, 3.8) is 0 Å². The molecule has 0 aromatic carbocycles. The van der Waals surface area contributed by atoms with E-state index in [0.29, 0.717) is 18.4 Å². The lowest BCUT2D eigenvalue weighted by atomic mass is 9.94. The minimum Gasteiger partial charge on any atom is -0.378 e. The molecule has 1 amide bonds. The molecule has 3 aliphatic rings. The van der Waals surface area contributed by atoms with Crippen LogP contribution >= 0.6 is 22.7 Å². The summed E-state index contributed by atoms with van der Waals surface area (Å²) in [5.74, 6) is 0.730. The molecular formula is C23H31N5O2S2. The predicted molar refractivity (Wildman–Crippen MR) is 133 cm³/mol. The minimum absolute atomic E-state index is 0. The van der Waals surface area contributed by atoms with Gasteiger partial charge < -0.3 is 20.3 Å². The number of pyridine rings is 1. The molecule has 2 fully saturated rings. The second-order valence-corrected chi connectivity index (χ2v) is 11.0. The SMILES string of the molecule is O=C(CCN1CCC2OCCC2C1)Nc1sc2c(c1-c1nc3cnccc3s1)CCNC2.[HH].[HH].